The van der Waals surface area contributed by atoms with E-state index < -0.39 is 9.05 Å². The fourth-order valence-electron chi connectivity index (χ4n) is 1.90. The van der Waals surface area contributed by atoms with Gasteiger partial charge in [-0.1, -0.05) is 18.2 Å². The van der Waals surface area contributed by atoms with Crippen LogP contribution < -0.4 is 4.74 Å². The van der Waals surface area contributed by atoms with Gasteiger partial charge in [0.05, 0.1) is 11.9 Å². The van der Waals surface area contributed by atoms with Crippen molar-refractivity contribution in [1.82, 2.24) is 0 Å². The van der Waals surface area contributed by atoms with Gasteiger partial charge in [-0.05, 0) is 25.3 Å². The Labute approximate surface area is 99.8 Å². The number of benzene rings is 1. The van der Waals surface area contributed by atoms with E-state index in [0.29, 0.717) is 11.3 Å². The van der Waals surface area contributed by atoms with Crippen LogP contribution in [0.5, 0.6) is 5.75 Å². The van der Waals surface area contributed by atoms with E-state index in [1.54, 1.807) is 6.07 Å². The summed E-state index contributed by atoms with van der Waals surface area (Å²) in [5.41, 5.74) is 1.72. The summed E-state index contributed by atoms with van der Waals surface area (Å²) in [5, 5.41) is 0. The fourth-order valence-corrected chi connectivity index (χ4v) is 2.86. The second-order valence-corrected chi connectivity index (χ2v) is 6.83. The van der Waals surface area contributed by atoms with Gasteiger partial charge in [0, 0.05) is 16.2 Å². The van der Waals surface area contributed by atoms with Crippen LogP contribution >= 0.6 is 10.7 Å². The molecule has 1 aromatic rings. The molecule has 0 spiro atoms. The molecule has 0 fully saturated rings. The van der Waals surface area contributed by atoms with Crippen molar-refractivity contribution >= 4 is 19.7 Å². The molecule has 1 heterocycles. The molecule has 88 valence electrons. The topological polar surface area (TPSA) is 43.4 Å². The number of para-hydroxylation sites is 1. The first-order valence-electron chi connectivity index (χ1n) is 5.15. The molecule has 16 heavy (non-hydrogen) atoms. The van der Waals surface area contributed by atoms with E-state index >= 15 is 0 Å². The maximum absolute atomic E-state index is 11.1. The summed E-state index contributed by atoms with van der Waals surface area (Å²) in [6, 6.07) is 5.55. The molecular weight excluding hydrogens is 248 g/mol. The number of aryl methyl sites for hydroxylation is 1. The standard InChI is InChI=1S/C11H13ClO3S/c1-8-5-6-9-3-2-4-10(11(9)15-8)7-16(12,13)14/h2-4,8H,5-7H2,1H3. The van der Waals surface area contributed by atoms with Gasteiger partial charge in [0.15, 0.2) is 0 Å². The van der Waals surface area contributed by atoms with E-state index in [2.05, 4.69) is 0 Å². The van der Waals surface area contributed by atoms with Gasteiger partial charge in [0.1, 0.15) is 5.75 Å². The lowest BCUT2D eigenvalue weighted by Crippen LogP contribution is -2.20. The molecule has 0 saturated carbocycles. The number of hydrogen-bond donors (Lipinski definition) is 0. The lowest BCUT2D eigenvalue weighted by atomic mass is 10.0. The minimum Gasteiger partial charge on any atom is -0.490 e. The Morgan fingerprint density at radius 3 is 2.94 bits per heavy atom. The third-order valence-corrected chi connectivity index (χ3v) is 3.63. The molecule has 0 aliphatic carbocycles. The molecule has 1 aromatic carbocycles. The first-order valence-corrected chi connectivity index (χ1v) is 7.63. The molecule has 0 N–H and O–H groups in total. The summed E-state index contributed by atoms with van der Waals surface area (Å²) in [6.45, 7) is 1.98. The van der Waals surface area contributed by atoms with Crippen LogP contribution in [0.4, 0.5) is 0 Å². The van der Waals surface area contributed by atoms with Crippen molar-refractivity contribution in [3.05, 3.63) is 29.3 Å². The number of ether oxygens (including phenoxy) is 1. The van der Waals surface area contributed by atoms with Crippen LogP contribution in [0.2, 0.25) is 0 Å². The van der Waals surface area contributed by atoms with Gasteiger partial charge in [-0.2, -0.15) is 0 Å². The SMILES string of the molecule is CC1CCc2cccc(CS(=O)(=O)Cl)c2O1. The lowest BCUT2D eigenvalue weighted by Gasteiger charge is -2.25. The van der Waals surface area contributed by atoms with Gasteiger partial charge in [-0.3, -0.25) is 0 Å². The molecule has 0 aromatic heterocycles. The zero-order chi connectivity index (χ0) is 11.8. The Morgan fingerprint density at radius 2 is 2.25 bits per heavy atom. The molecule has 0 radical (unpaired) electrons. The van der Waals surface area contributed by atoms with Crippen LogP contribution in [-0.2, 0) is 21.2 Å². The molecule has 3 nitrogen and oxygen atoms in total. The van der Waals surface area contributed by atoms with Crippen LogP contribution in [0.15, 0.2) is 18.2 Å². The van der Waals surface area contributed by atoms with Gasteiger partial charge >= 0.3 is 0 Å². The molecular formula is C11H13ClO3S. The number of hydrogen-bond acceptors (Lipinski definition) is 3. The van der Waals surface area contributed by atoms with Crippen LogP contribution in [0.25, 0.3) is 0 Å². The van der Waals surface area contributed by atoms with Crippen LogP contribution in [-0.4, -0.2) is 14.5 Å². The van der Waals surface area contributed by atoms with E-state index in [1.807, 2.05) is 19.1 Å². The smallest absolute Gasteiger partial charge is 0.236 e. The van der Waals surface area contributed by atoms with Crippen molar-refractivity contribution < 1.29 is 13.2 Å². The first kappa shape index (κ1) is 11.7. The molecule has 1 aliphatic rings. The van der Waals surface area contributed by atoms with E-state index in [4.69, 9.17) is 15.4 Å². The second kappa shape index (κ2) is 4.26. The van der Waals surface area contributed by atoms with E-state index in [1.165, 1.54) is 0 Å². The Hall–Kier alpha value is -0.740. The highest BCUT2D eigenvalue weighted by molar-refractivity contribution is 8.13. The predicted octanol–water partition coefficient (Wildman–Crippen LogP) is 2.47. The van der Waals surface area contributed by atoms with E-state index in [9.17, 15) is 8.42 Å². The summed E-state index contributed by atoms with van der Waals surface area (Å²) in [7, 11) is 1.73. The monoisotopic (exact) mass is 260 g/mol. The fraction of sp³-hybridized carbons (Fsp3) is 0.455. The summed E-state index contributed by atoms with van der Waals surface area (Å²) < 4.78 is 27.8. The van der Waals surface area contributed by atoms with Crippen molar-refractivity contribution in [3.8, 4) is 5.75 Å². The number of rotatable bonds is 2. The zero-order valence-electron chi connectivity index (χ0n) is 8.94. The van der Waals surface area contributed by atoms with Gasteiger partial charge in [-0.15, -0.1) is 0 Å². The van der Waals surface area contributed by atoms with Gasteiger partial charge in [-0.25, -0.2) is 8.42 Å². The zero-order valence-corrected chi connectivity index (χ0v) is 10.5. The highest BCUT2D eigenvalue weighted by atomic mass is 35.7. The lowest BCUT2D eigenvalue weighted by molar-refractivity contribution is 0.191. The molecule has 5 heteroatoms. The third-order valence-electron chi connectivity index (χ3n) is 2.65. The molecule has 2 rings (SSSR count). The maximum Gasteiger partial charge on any atom is 0.236 e. The summed E-state index contributed by atoms with van der Waals surface area (Å²) in [6.07, 6.45) is 2.02. The van der Waals surface area contributed by atoms with E-state index in [-0.39, 0.29) is 11.9 Å². The number of halogens is 1. The third kappa shape index (κ3) is 2.68. The molecule has 0 bridgehead atoms. The van der Waals surface area contributed by atoms with Crippen molar-refractivity contribution in [1.29, 1.82) is 0 Å². The highest BCUT2D eigenvalue weighted by Gasteiger charge is 2.21. The summed E-state index contributed by atoms with van der Waals surface area (Å²) in [4.78, 5) is 0. The average Bonchev–Trinajstić information content (AvgIpc) is 2.17. The van der Waals surface area contributed by atoms with Gasteiger partial charge in [0.2, 0.25) is 9.05 Å². The molecule has 1 aliphatic heterocycles. The molecule has 0 amide bonds. The predicted molar refractivity (Wildman–Crippen MR) is 63.3 cm³/mol. The van der Waals surface area contributed by atoms with Gasteiger partial charge < -0.3 is 4.74 Å². The first-order chi connectivity index (χ1) is 7.46. The minimum absolute atomic E-state index is 0.131. The Balaban J connectivity index is 2.39. The average molecular weight is 261 g/mol. The van der Waals surface area contributed by atoms with Crippen LogP contribution in [0, 0.1) is 0 Å². The maximum atomic E-state index is 11.1. The summed E-state index contributed by atoms with van der Waals surface area (Å²) in [5.74, 6) is 0.523. The Bertz CT molecular complexity index is 496. The Kier molecular flexibility index (Phi) is 3.13. The van der Waals surface area contributed by atoms with Crippen molar-refractivity contribution in [2.24, 2.45) is 0 Å². The van der Waals surface area contributed by atoms with Gasteiger partial charge in [0.25, 0.3) is 0 Å². The minimum atomic E-state index is -3.54. The normalized spacial score (nSPS) is 20.0. The molecule has 1 unspecified atom stereocenters. The Morgan fingerprint density at radius 1 is 1.50 bits per heavy atom. The van der Waals surface area contributed by atoms with Crippen LogP contribution in [0.1, 0.15) is 24.5 Å². The largest absolute Gasteiger partial charge is 0.490 e. The van der Waals surface area contributed by atoms with Crippen LogP contribution in [0.3, 0.4) is 0 Å². The van der Waals surface area contributed by atoms with E-state index in [0.717, 1.165) is 18.4 Å². The van der Waals surface area contributed by atoms with Crippen molar-refractivity contribution in [3.63, 3.8) is 0 Å². The van der Waals surface area contributed by atoms with Crippen molar-refractivity contribution in [2.45, 2.75) is 31.6 Å². The summed E-state index contributed by atoms with van der Waals surface area (Å²) >= 11 is 0. The number of fused-ring (bicyclic) bond motifs is 1. The second-order valence-electron chi connectivity index (χ2n) is 4.06. The molecule has 1 atom stereocenters. The highest BCUT2D eigenvalue weighted by Crippen LogP contribution is 2.32. The van der Waals surface area contributed by atoms with Crippen molar-refractivity contribution in [2.75, 3.05) is 0 Å². The quantitative estimate of drug-likeness (QED) is 0.768. The molecule has 0 saturated heterocycles.